The smallest absolute Gasteiger partial charge is 0.134 e. The molecule has 1 aromatic rings. The van der Waals surface area contributed by atoms with Crippen molar-refractivity contribution in [2.24, 2.45) is 5.92 Å². The Hall–Kier alpha value is -1.32. The first-order valence-corrected chi connectivity index (χ1v) is 7.64. The molecule has 1 saturated carbocycles. The van der Waals surface area contributed by atoms with E-state index in [1.165, 1.54) is 38.5 Å². The Kier molecular flexibility index (Phi) is 5.43. The van der Waals surface area contributed by atoms with Crippen LogP contribution in [-0.2, 0) is 6.42 Å². The number of nitrogens with two attached hydrogens (primary N) is 1. The van der Waals surface area contributed by atoms with E-state index < -0.39 is 0 Å². The molecule has 0 amide bonds. The predicted molar refractivity (Wildman–Crippen MR) is 80.1 cm³/mol. The molecule has 0 aliphatic heterocycles. The predicted octanol–water partition coefficient (Wildman–Crippen LogP) is 3.39. The highest BCUT2D eigenvalue weighted by atomic mass is 15.0. The lowest BCUT2D eigenvalue weighted by molar-refractivity contribution is 0.345. The normalized spacial score (nSPS) is 16.5. The van der Waals surface area contributed by atoms with E-state index in [0.717, 1.165) is 36.7 Å². The van der Waals surface area contributed by atoms with E-state index in [1.54, 1.807) is 6.33 Å². The molecule has 0 aromatic carbocycles. The molecule has 0 bridgehead atoms. The number of nitrogen functional groups attached to an aromatic ring is 1. The Labute approximate surface area is 116 Å². The van der Waals surface area contributed by atoms with Crippen molar-refractivity contribution in [2.75, 3.05) is 17.6 Å². The van der Waals surface area contributed by atoms with E-state index in [9.17, 15) is 0 Å². The van der Waals surface area contributed by atoms with Gasteiger partial charge in [0, 0.05) is 12.1 Å². The van der Waals surface area contributed by atoms with Crippen LogP contribution in [-0.4, -0.2) is 16.5 Å². The summed E-state index contributed by atoms with van der Waals surface area (Å²) in [6, 6.07) is 0. The number of hydrogen-bond acceptors (Lipinski definition) is 4. The highest BCUT2D eigenvalue weighted by Crippen LogP contribution is 2.26. The van der Waals surface area contributed by atoms with Gasteiger partial charge in [0.05, 0.1) is 0 Å². The summed E-state index contributed by atoms with van der Waals surface area (Å²) in [7, 11) is 0. The largest absolute Gasteiger partial charge is 0.383 e. The fraction of sp³-hybridized carbons (Fsp3) is 0.733. The maximum absolute atomic E-state index is 5.93. The van der Waals surface area contributed by atoms with Crippen molar-refractivity contribution >= 4 is 11.6 Å². The molecule has 1 fully saturated rings. The van der Waals surface area contributed by atoms with Crippen LogP contribution in [0.4, 0.5) is 11.6 Å². The van der Waals surface area contributed by atoms with E-state index in [2.05, 4.69) is 22.2 Å². The minimum absolute atomic E-state index is 0.622. The van der Waals surface area contributed by atoms with Gasteiger partial charge in [-0.3, -0.25) is 0 Å². The zero-order valence-electron chi connectivity index (χ0n) is 12.0. The molecule has 19 heavy (non-hydrogen) atoms. The zero-order chi connectivity index (χ0) is 13.5. The second-order valence-electron chi connectivity index (χ2n) is 5.56. The molecule has 1 aromatic heterocycles. The van der Waals surface area contributed by atoms with E-state index in [1.807, 2.05) is 0 Å². The van der Waals surface area contributed by atoms with E-state index in [0.29, 0.717) is 5.82 Å². The van der Waals surface area contributed by atoms with Crippen molar-refractivity contribution in [3.63, 3.8) is 0 Å². The van der Waals surface area contributed by atoms with Crippen LogP contribution in [0.3, 0.4) is 0 Å². The summed E-state index contributed by atoms with van der Waals surface area (Å²) in [4.78, 5) is 8.42. The van der Waals surface area contributed by atoms with Crippen LogP contribution >= 0.6 is 0 Å². The monoisotopic (exact) mass is 262 g/mol. The lowest BCUT2D eigenvalue weighted by Gasteiger charge is -2.21. The van der Waals surface area contributed by atoms with Crippen LogP contribution in [0.25, 0.3) is 0 Å². The van der Waals surface area contributed by atoms with Gasteiger partial charge in [0.25, 0.3) is 0 Å². The summed E-state index contributed by atoms with van der Waals surface area (Å²) in [5.74, 6) is 2.46. The zero-order valence-corrected chi connectivity index (χ0v) is 12.0. The van der Waals surface area contributed by atoms with Gasteiger partial charge in [-0.25, -0.2) is 9.97 Å². The quantitative estimate of drug-likeness (QED) is 0.824. The van der Waals surface area contributed by atoms with E-state index in [4.69, 9.17) is 5.73 Å². The van der Waals surface area contributed by atoms with E-state index >= 15 is 0 Å². The van der Waals surface area contributed by atoms with Crippen LogP contribution in [0.2, 0.25) is 0 Å². The number of hydrogen-bond donors (Lipinski definition) is 2. The van der Waals surface area contributed by atoms with Crippen LogP contribution in [0.5, 0.6) is 0 Å². The minimum Gasteiger partial charge on any atom is -0.383 e. The van der Waals surface area contributed by atoms with Crippen molar-refractivity contribution in [3.05, 3.63) is 11.9 Å². The molecule has 0 unspecified atom stereocenters. The number of nitrogens with one attached hydrogen (secondary N) is 1. The summed E-state index contributed by atoms with van der Waals surface area (Å²) in [5, 5.41) is 3.46. The molecule has 3 N–H and O–H groups in total. The van der Waals surface area contributed by atoms with Crippen molar-refractivity contribution in [2.45, 2.75) is 58.3 Å². The second kappa shape index (κ2) is 7.31. The SMILES string of the molecule is CCCc1c(N)ncnc1NCCC1CCCCC1. The minimum atomic E-state index is 0.622. The van der Waals surface area contributed by atoms with Crippen molar-refractivity contribution < 1.29 is 0 Å². The molecule has 4 heteroatoms. The molecular formula is C15H26N4. The molecule has 1 aliphatic rings. The van der Waals surface area contributed by atoms with Gasteiger partial charge < -0.3 is 11.1 Å². The Morgan fingerprint density at radius 1 is 1.26 bits per heavy atom. The second-order valence-corrected chi connectivity index (χ2v) is 5.56. The first kappa shape index (κ1) is 14.1. The highest BCUT2D eigenvalue weighted by molar-refractivity contribution is 5.54. The summed E-state index contributed by atoms with van der Waals surface area (Å²) >= 11 is 0. The molecule has 0 radical (unpaired) electrons. The van der Waals surface area contributed by atoms with Crippen LogP contribution in [0, 0.1) is 5.92 Å². The van der Waals surface area contributed by atoms with Gasteiger partial charge in [-0.15, -0.1) is 0 Å². The summed E-state index contributed by atoms with van der Waals surface area (Å²) in [6.07, 6.45) is 11.8. The molecule has 0 saturated heterocycles. The molecule has 106 valence electrons. The van der Waals surface area contributed by atoms with Crippen LogP contribution < -0.4 is 11.1 Å². The summed E-state index contributed by atoms with van der Waals surface area (Å²) in [5.41, 5.74) is 7.01. The lowest BCUT2D eigenvalue weighted by Crippen LogP contribution is -2.14. The lowest BCUT2D eigenvalue weighted by atomic mass is 9.87. The number of anilines is 2. The summed E-state index contributed by atoms with van der Waals surface area (Å²) < 4.78 is 0. The number of nitrogens with zero attached hydrogens (tertiary/aromatic N) is 2. The van der Waals surface area contributed by atoms with Gasteiger partial charge in [0.2, 0.25) is 0 Å². The third kappa shape index (κ3) is 4.08. The fourth-order valence-electron chi connectivity index (χ4n) is 2.95. The Morgan fingerprint density at radius 3 is 2.79 bits per heavy atom. The number of rotatable bonds is 6. The van der Waals surface area contributed by atoms with Crippen LogP contribution in [0.1, 0.15) is 57.4 Å². The maximum atomic E-state index is 5.93. The summed E-state index contributed by atoms with van der Waals surface area (Å²) in [6.45, 7) is 3.15. The average molecular weight is 262 g/mol. The Balaban J connectivity index is 1.86. The molecule has 1 aliphatic carbocycles. The van der Waals surface area contributed by atoms with Crippen LogP contribution in [0.15, 0.2) is 6.33 Å². The van der Waals surface area contributed by atoms with E-state index in [-0.39, 0.29) is 0 Å². The Morgan fingerprint density at radius 2 is 2.05 bits per heavy atom. The van der Waals surface area contributed by atoms with Crippen molar-refractivity contribution in [1.29, 1.82) is 0 Å². The standard InChI is InChI=1S/C15H26N4/c1-2-6-13-14(16)18-11-19-15(13)17-10-9-12-7-4-3-5-8-12/h11-12H,2-10H2,1H3,(H3,16,17,18,19). The number of aromatic nitrogens is 2. The average Bonchev–Trinajstić information content (AvgIpc) is 2.44. The van der Waals surface area contributed by atoms with Crippen molar-refractivity contribution in [1.82, 2.24) is 9.97 Å². The first-order chi connectivity index (χ1) is 9.31. The molecule has 2 rings (SSSR count). The molecule has 0 atom stereocenters. The fourth-order valence-corrected chi connectivity index (χ4v) is 2.95. The molecule has 0 spiro atoms. The third-order valence-electron chi connectivity index (χ3n) is 4.05. The van der Waals surface area contributed by atoms with Crippen molar-refractivity contribution in [3.8, 4) is 0 Å². The first-order valence-electron chi connectivity index (χ1n) is 7.64. The maximum Gasteiger partial charge on any atom is 0.134 e. The molecular weight excluding hydrogens is 236 g/mol. The van der Waals surface area contributed by atoms with Gasteiger partial charge in [0.1, 0.15) is 18.0 Å². The topological polar surface area (TPSA) is 63.8 Å². The third-order valence-corrected chi connectivity index (χ3v) is 4.05. The van der Waals surface area contributed by atoms with Gasteiger partial charge in [-0.2, -0.15) is 0 Å². The molecule has 1 heterocycles. The Bertz CT molecular complexity index is 386. The molecule has 4 nitrogen and oxygen atoms in total. The van der Waals surface area contributed by atoms with Gasteiger partial charge in [0.15, 0.2) is 0 Å². The van der Waals surface area contributed by atoms with Gasteiger partial charge in [-0.1, -0.05) is 45.4 Å². The van der Waals surface area contributed by atoms with Gasteiger partial charge >= 0.3 is 0 Å². The highest BCUT2D eigenvalue weighted by Gasteiger charge is 2.13. The van der Waals surface area contributed by atoms with Gasteiger partial charge in [-0.05, 0) is 18.8 Å².